The molecule has 0 saturated carbocycles. The number of para-hydroxylation sites is 1. The van der Waals surface area contributed by atoms with Crippen LogP contribution in [0.5, 0.6) is 0 Å². The monoisotopic (exact) mass is 327 g/mol. The van der Waals surface area contributed by atoms with Gasteiger partial charge in [0.15, 0.2) is 10.1 Å². The zero-order chi connectivity index (χ0) is 14.9. The number of nitrogens with zero attached hydrogens (tertiary/aromatic N) is 4. The van der Waals surface area contributed by atoms with E-state index in [9.17, 15) is 0 Å². The van der Waals surface area contributed by atoms with Crippen molar-refractivity contribution in [1.29, 1.82) is 0 Å². The molecule has 22 heavy (non-hydrogen) atoms. The lowest BCUT2D eigenvalue weighted by atomic mass is 10.3. The molecule has 0 fully saturated rings. The van der Waals surface area contributed by atoms with Crippen molar-refractivity contribution in [3.63, 3.8) is 0 Å². The first-order valence-corrected chi connectivity index (χ1v) is 7.83. The number of hydrogen-bond acceptors (Lipinski definition) is 5. The van der Waals surface area contributed by atoms with Gasteiger partial charge in [0.1, 0.15) is 5.69 Å². The van der Waals surface area contributed by atoms with E-state index in [0.717, 1.165) is 22.0 Å². The summed E-state index contributed by atoms with van der Waals surface area (Å²) >= 11 is 7.78. The maximum atomic E-state index is 6.25. The first kappa shape index (κ1) is 13.2. The number of anilines is 2. The molecule has 0 amide bonds. The van der Waals surface area contributed by atoms with E-state index in [1.807, 2.05) is 52.4 Å². The fourth-order valence-corrected chi connectivity index (χ4v) is 3.22. The third kappa shape index (κ3) is 2.32. The summed E-state index contributed by atoms with van der Waals surface area (Å²) in [6, 6.07) is 11.6. The van der Waals surface area contributed by atoms with Crippen molar-refractivity contribution in [2.45, 2.75) is 0 Å². The van der Waals surface area contributed by atoms with Crippen molar-refractivity contribution in [1.82, 2.24) is 19.4 Å². The highest BCUT2D eigenvalue weighted by atomic mass is 35.5. The molecule has 4 rings (SSSR count). The number of imidazole rings is 1. The van der Waals surface area contributed by atoms with Crippen LogP contribution in [0.2, 0.25) is 5.15 Å². The molecular formula is C15H10ClN5S. The summed E-state index contributed by atoms with van der Waals surface area (Å²) in [6.45, 7) is 0. The van der Waals surface area contributed by atoms with Gasteiger partial charge in [-0.3, -0.25) is 4.40 Å². The van der Waals surface area contributed by atoms with Crippen LogP contribution in [0.4, 0.5) is 11.6 Å². The van der Waals surface area contributed by atoms with Crippen LogP contribution < -0.4 is 5.32 Å². The number of halogens is 1. The topological polar surface area (TPSA) is 55.1 Å². The van der Waals surface area contributed by atoms with Gasteiger partial charge in [-0.2, -0.15) is 0 Å². The molecule has 0 radical (unpaired) electrons. The van der Waals surface area contributed by atoms with E-state index in [1.165, 1.54) is 11.3 Å². The molecule has 0 aliphatic rings. The largest absolute Gasteiger partial charge is 0.324 e. The normalized spacial score (nSPS) is 11.0. The predicted molar refractivity (Wildman–Crippen MR) is 88.8 cm³/mol. The third-order valence-electron chi connectivity index (χ3n) is 3.15. The van der Waals surface area contributed by atoms with Gasteiger partial charge in [0, 0.05) is 23.5 Å². The Bertz CT molecular complexity index is 931. The Morgan fingerprint density at radius 1 is 1.09 bits per heavy atom. The van der Waals surface area contributed by atoms with Crippen LogP contribution in [0, 0.1) is 0 Å². The lowest BCUT2D eigenvalue weighted by molar-refractivity contribution is 1.14. The van der Waals surface area contributed by atoms with Crippen LogP contribution in [0.1, 0.15) is 0 Å². The van der Waals surface area contributed by atoms with Gasteiger partial charge in [-0.1, -0.05) is 29.8 Å². The van der Waals surface area contributed by atoms with E-state index < -0.39 is 0 Å². The summed E-state index contributed by atoms with van der Waals surface area (Å²) in [5.41, 5.74) is 2.43. The Kier molecular flexibility index (Phi) is 3.25. The summed E-state index contributed by atoms with van der Waals surface area (Å²) in [7, 11) is 0. The molecule has 0 spiro atoms. The predicted octanol–water partition coefficient (Wildman–Crippen LogP) is 4.25. The van der Waals surface area contributed by atoms with E-state index in [4.69, 9.17) is 11.6 Å². The fourth-order valence-electron chi connectivity index (χ4n) is 2.19. The second kappa shape index (κ2) is 5.40. The number of thiazole rings is 1. The van der Waals surface area contributed by atoms with E-state index >= 15 is 0 Å². The summed E-state index contributed by atoms with van der Waals surface area (Å²) in [5.74, 6) is 0.518. The zero-order valence-corrected chi connectivity index (χ0v) is 12.8. The minimum absolute atomic E-state index is 0.441. The number of hydrogen-bond donors (Lipinski definition) is 1. The van der Waals surface area contributed by atoms with E-state index in [2.05, 4.69) is 20.3 Å². The first-order valence-electron chi connectivity index (χ1n) is 6.58. The minimum atomic E-state index is 0.441. The number of fused-ring (bicyclic) bond motifs is 1. The Morgan fingerprint density at radius 3 is 2.82 bits per heavy atom. The number of benzene rings is 1. The Morgan fingerprint density at radius 2 is 1.95 bits per heavy atom. The molecule has 0 saturated heterocycles. The van der Waals surface area contributed by atoms with Crippen molar-refractivity contribution in [2.75, 3.05) is 5.32 Å². The highest BCUT2D eigenvalue weighted by Gasteiger charge is 2.15. The Hall–Kier alpha value is -2.44. The van der Waals surface area contributed by atoms with Crippen LogP contribution in [0.3, 0.4) is 0 Å². The molecule has 3 heterocycles. The number of aromatic nitrogens is 4. The van der Waals surface area contributed by atoms with Gasteiger partial charge in [-0.15, -0.1) is 11.3 Å². The van der Waals surface area contributed by atoms with Crippen molar-refractivity contribution in [3.05, 3.63) is 59.3 Å². The van der Waals surface area contributed by atoms with Crippen LogP contribution in [0.15, 0.2) is 54.2 Å². The maximum absolute atomic E-state index is 6.25. The molecule has 3 aromatic heterocycles. The molecule has 1 N–H and O–H groups in total. The smallest absolute Gasteiger partial charge is 0.227 e. The van der Waals surface area contributed by atoms with Crippen molar-refractivity contribution in [3.8, 4) is 11.4 Å². The highest BCUT2D eigenvalue weighted by Crippen LogP contribution is 2.29. The van der Waals surface area contributed by atoms with Crippen LogP contribution in [-0.2, 0) is 0 Å². The van der Waals surface area contributed by atoms with Crippen molar-refractivity contribution in [2.24, 2.45) is 0 Å². The fraction of sp³-hybridized carbons (Fsp3) is 0. The molecule has 1 aromatic carbocycles. The van der Waals surface area contributed by atoms with Crippen molar-refractivity contribution >= 4 is 39.5 Å². The molecule has 5 nitrogen and oxygen atoms in total. The summed E-state index contributed by atoms with van der Waals surface area (Å²) < 4.78 is 1.93. The molecule has 0 bridgehead atoms. The lowest BCUT2D eigenvalue weighted by Gasteiger charge is -2.06. The quantitative estimate of drug-likeness (QED) is 0.611. The SMILES string of the molecule is Clc1nc2sccn2c1-c1ccnc(Nc2ccccc2)n1. The second-order valence-electron chi connectivity index (χ2n) is 4.56. The second-order valence-corrected chi connectivity index (χ2v) is 5.79. The molecule has 4 aromatic rings. The average Bonchev–Trinajstić information content (AvgIpc) is 3.08. The maximum Gasteiger partial charge on any atom is 0.227 e. The summed E-state index contributed by atoms with van der Waals surface area (Å²) in [4.78, 5) is 14.0. The third-order valence-corrected chi connectivity index (χ3v) is 4.17. The number of nitrogens with one attached hydrogen (secondary N) is 1. The molecule has 0 atom stereocenters. The molecule has 0 aliphatic heterocycles. The van der Waals surface area contributed by atoms with Gasteiger partial charge >= 0.3 is 0 Å². The van der Waals surface area contributed by atoms with Gasteiger partial charge < -0.3 is 5.32 Å². The zero-order valence-electron chi connectivity index (χ0n) is 11.3. The minimum Gasteiger partial charge on any atom is -0.324 e. The van der Waals surface area contributed by atoms with Crippen molar-refractivity contribution < 1.29 is 0 Å². The van der Waals surface area contributed by atoms with Gasteiger partial charge in [0.25, 0.3) is 0 Å². The highest BCUT2D eigenvalue weighted by molar-refractivity contribution is 7.15. The van der Waals surface area contributed by atoms with Crippen LogP contribution in [-0.4, -0.2) is 19.4 Å². The van der Waals surface area contributed by atoms with E-state index in [-0.39, 0.29) is 0 Å². The van der Waals surface area contributed by atoms with Crippen LogP contribution >= 0.6 is 22.9 Å². The van der Waals surface area contributed by atoms with Gasteiger partial charge in [0.05, 0.1) is 5.69 Å². The average molecular weight is 328 g/mol. The Labute approximate surface area is 135 Å². The molecular weight excluding hydrogens is 318 g/mol. The van der Waals surface area contributed by atoms with Gasteiger partial charge in [0.2, 0.25) is 5.95 Å². The summed E-state index contributed by atoms with van der Waals surface area (Å²) in [5, 5.41) is 5.58. The van der Waals surface area contributed by atoms with Crippen LogP contribution in [0.25, 0.3) is 16.3 Å². The molecule has 0 unspecified atom stereocenters. The Balaban J connectivity index is 1.76. The molecule has 0 aliphatic carbocycles. The summed E-state index contributed by atoms with van der Waals surface area (Å²) in [6.07, 6.45) is 3.64. The van der Waals surface area contributed by atoms with E-state index in [0.29, 0.717) is 11.1 Å². The van der Waals surface area contributed by atoms with Gasteiger partial charge in [-0.25, -0.2) is 15.0 Å². The first-order chi connectivity index (χ1) is 10.8. The lowest BCUT2D eigenvalue weighted by Crippen LogP contribution is -1.98. The number of rotatable bonds is 3. The van der Waals surface area contributed by atoms with E-state index in [1.54, 1.807) is 6.20 Å². The van der Waals surface area contributed by atoms with Gasteiger partial charge in [-0.05, 0) is 18.2 Å². The standard InChI is InChI=1S/C15H10ClN5S/c16-13-12(21-8-9-22-15(21)20-13)11-6-7-17-14(19-11)18-10-4-2-1-3-5-10/h1-9H,(H,17,18,19). The molecule has 7 heteroatoms. The molecule has 108 valence electrons.